The minimum atomic E-state index is -4.47. The Morgan fingerprint density at radius 2 is 2.00 bits per heavy atom. The second kappa shape index (κ2) is 5.46. The Morgan fingerprint density at radius 3 is 2.65 bits per heavy atom. The quantitative estimate of drug-likeness (QED) is 0.812. The van der Waals surface area contributed by atoms with Crippen LogP contribution in [0.2, 0.25) is 0 Å². The van der Waals surface area contributed by atoms with Crippen LogP contribution in [0.1, 0.15) is 16.1 Å². The molecule has 8 heteroatoms. The van der Waals surface area contributed by atoms with Crippen LogP contribution in [0.3, 0.4) is 0 Å². The summed E-state index contributed by atoms with van der Waals surface area (Å²) in [4.78, 5) is 18.3. The van der Waals surface area contributed by atoms with E-state index in [1.807, 2.05) is 0 Å². The first kappa shape index (κ1) is 14.3. The van der Waals surface area contributed by atoms with Crippen LogP contribution in [0.4, 0.5) is 13.2 Å². The first-order valence-electron chi connectivity index (χ1n) is 5.23. The number of alkyl halides is 3. The van der Waals surface area contributed by atoms with Crippen molar-refractivity contribution in [3.63, 3.8) is 0 Å². The van der Waals surface area contributed by atoms with Crippen LogP contribution in [0.25, 0.3) is 0 Å². The van der Waals surface area contributed by atoms with Crippen molar-refractivity contribution in [3.05, 3.63) is 47.9 Å². The van der Waals surface area contributed by atoms with Gasteiger partial charge in [-0.25, -0.2) is 4.98 Å². The Morgan fingerprint density at radius 1 is 1.25 bits per heavy atom. The van der Waals surface area contributed by atoms with E-state index in [2.05, 4.69) is 9.97 Å². The predicted octanol–water partition coefficient (Wildman–Crippen LogP) is 3.67. The van der Waals surface area contributed by atoms with E-state index in [0.29, 0.717) is 0 Å². The van der Waals surface area contributed by atoms with Gasteiger partial charge in [-0.05, 0) is 29.8 Å². The zero-order chi connectivity index (χ0) is 14.8. The van der Waals surface area contributed by atoms with Gasteiger partial charge in [-0.15, -0.1) is 0 Å². The van der Waals surface area contributed by atoms with Crippen molar-refractivity contribution >= 4 is 16.8 Å². The van der Waals surface area contributed by atoms with E-state index in [0.717, 1.165) is 24.5 Å². The molecule has 20 heavy (non-hydrogen) atoms. The number of rotatable bonds is 3. The molecule has 0 aliphatic carbocycles. The number of nitrogens with zero attached hydrogens (tertiary/aromatic N) is 2. The molecule has 0 aliphatic heterocycles. The highest BCUT2D eigenvalue weighted by atomic mass is 35.5. The van der Waals surface area contributed by atoms with Gasteiger partial charge >= 0.3 is 6.18 Å². The van der Waals surface area contributed by atoms with Crippen LogP contribution < -0.4 is 4.74 Å². The molecule has 4 nitrogen and oxygen atoms in total. The lowest BCUT2D eigenvalue weighted by Crippen LogP contribution is -2.04. The monoisotopic (exact) mass is 302 g/mol. The van der Waals surface area contributed by atoms with Gasteiger partial charge in [-0.1, -0.05) is 6.07 Å². The molecule has 0 amide bonds. The van der Waals surface area contributed by atoms with E-state index >= 15 is 0 Å². The van der Waals surface area contributed by atoms with Crippen LogP contribution >= 0.6 is 11.6 Å². The molecule has 1 aromatic carbocycles. The fraction of sp³-hybridized carbons (Fsp3) is 0.0833. The number of carbonyl (C=O) groups is 1. The van der Waals surface area contributed by atoms with Crippen molar-refractivity contribution in [2.45, 2.75) is 6.18 Å². The van der Waals surface area contributed by atoms with Gasteiger partial charge in [0.25, 0.3) is 5.24 Å². The zero-order valence-electron chi connectivity index (χ0n) is 9.69. The third kappa shape index (κ3) is 3.45. The summed E-state index contributed by atoms with van der Waals surface area (Å²) in [5.74, 6) is -0.205. The Hall–Kier alpha value is -2.15. The molecule has 0 fully saturated rings. The van der Waals surface area contributed by atoms with E-state index in [1.165, 1.54) is 12.1 Å². The van der Waals surface area contributed by atoms with Gasteiger partial charge in [0.1, 0.15) is 11.4 Å². The van der Waals surface area contributed by atoms with E-state index in [9.17, 15) is 18.0 Å². The number of ether oxygens (including phenoxy) is 1. The van der Waals surface area contributed by atoms with Crippen LogP contribution in [0.5, 0.6) is 11.6 Å². The Kier molecular flexibility index (Phi) is 3.89. The first-order valence-corrected chi connectivity index (χ1v) is 5.61. The summed E-state index contributed by atoms with van der Waals surface area (Å²) in [6.45, 7) is 0. The lowest BCUT2D eigenvalue weighted by atomic mass is 10.2. The van der Waals surface area contributed by atoms with Gasteiger partial charge < -0.3 is 4.74 Å². The third-order valence-electron chi connectivity index (χ3n) is 2.20. The van der Waals surface area contributed by atoms with Crippen LogP contribution in [-0.4, -0.2) is 15.2 Å². The number of hydrogen-bond donors (Lipinski definition) is 0. The Bertz CT molecular complexity index is 647. The number of carbonyl (C=O) groups excluding carboxylic acids is 1. The molecule has 0 radical (unpaired) electrons. The normalized spacial score (nSPS) is 11.2. The van der Waals surface area contributed by atoms with Crippen LogP contribution in [-0.2, 0) is 6.18 Å². The number of halogens is 4. The van der Waals surface area contributed by atoms with Gasteiger partial charge in [-0.3, -0.25) is 9.78 Å². The van der Waals surface area contributed by atoms with E-state index in [-0.39, 0.29) is 17.3 Å². The molecule has 0 aliphatic rings. The number of aromatic nitrogens is 2. The summed E-state index contributed by atoms with van der Waals surface area (Å²) in [7, 11) is 0. The van der Waals surface area contributed by atoms with Gasteiger partial charge in [0.05, 0.1) is 18.0 Å². The van der Waals surface area contributed by atoms with Gasteiger partial charge in [0.2, 0.25) is 5.88 Å². The molecule has 2 aromatic rings. The maximum Gasteiger partial charge on any atom is 0.416 e. The third-order valence-corrected chi connectivity index (χ3v) is 2.39. The summed E-state index contributed by atoms with van der Waals surface area (Å²) >= 11 is 5.22. The second-order valence-corrected chi connectivity index (χ2v) is 3.99. The van der Waals surface area contributed by atoms with Crippen molar-refractivity contribution < 1.29 is 22.7 Å². The minimum Gasteiger partial charge on any atom is -0.437 e. The molecule has 0 N–H and O–H groups in total. The smallest absolute Gasteiger partial charge is 0.416 e. The predicted molar refractivity (Wildman–Crippen MR) is 63.7 cm³/mol. The highest BCUT2D eigenvalue weighted by Crippen LogP contribution is 2.32. The van der Waals surface area contributed by atoms with Crippen LogP contribution in [0.15, 0.2) is 36.7 Å². The average Bonchev–Trinajstić information content (AvgIpc) is 2.38. The molecule has 1 aromatic heterocycles. The van der Waals surface area contributed by atoms with E-state index in [1.54, 1.807) is 0 Å². The molecule has 104 valence electrons. The van der Waals surface area contributed by atoms with Gasteiger partial charge in [0.15, 0.2) is 0 Å². The fourth-order valence-corrected chi connectivity index (χ4v) is 1.44. The minimum absolute atomic E-state index is 0.0757. The molecular weight excluding hydrogens is 297 g/mol. The average molecular weight is 303 g/mol. The first-order chi connectivity index (χ1) is 9.36. The van der Waals surface area contributed by atoms with Crippen LogP contribution in [0, 0.1) is 0 Å². The van der Waals surface area contributed by atoms with Crippen molar-refractivity contribution in [1.82, 2.24) is 9.97 Å². The maximum atomic E-state index is 12.5. The van der Waals surface area contributed by atoms with Gasteiger partial charge in [0, 0.05) is 0 Å². The van der Waals surface area contributed by atoms with Crippen molar-refractivity contribution in [2.75, 3.05) is 0 Å². The lowest BCUT2D eigenvalue weighted by Gasteiger charge is -2.09. The summed E-state index contributed by atoms with van der Waals surface area (Å²) in [5, 5.41) is -0.841. The standard InChI is InChI=1S/C12H6ClF3N2O2/c13-11(19)9-5-17-6-10(18-9)20-8-3-1-2-7(4-8)12(14,15)16/h1-6H. The summed E-state index contributed by atoms with van der Waals surface area (Å²) < 4.78 is 42.7. The molecule has 1 heterocycles. The maximum absolute atomic E-state index is 12.5. The molecule has 0 bridgehead atoms. The Labute approximate surface area is 116 Å². The summed E-state index contributed by atoms with van der Waals surface area (Å²) in [5.41, 5.74) is -1.01. The number of benzene rings is 1. The van der Waals surface area contributed by atoms with Crippen molar-refractivity contribution in [3.8, 4) is 11.6 Å². The molecular formula is C12H6ClF3N2O2. The fourth-order valence-electron chi connectivity index (χ4n) is 1.35. The second-order valence-electron chi connectivity index (χ2n) is 3.64. The molecule has 0 spiro atoms. The van der Waals surface area contributed by atoms with Crippen molar-refractivity contribution in [1.29, 1.82) is 0 Å². The SMILES string of the molecule is O=C(Cl)c1cncc(Oc2cccc(C(F)(F)F)c2)n1. The summed E-state index contributed by atoms with van der Waals surface area (Å²) in [6, 6.07) is 4.25. The van der Waals surface area contributed by atoms with E-state index < -0.39 is 17.0 Å². The zero-order valence-corrected chi connectivity index (χ0v) is 10.4. The molecule has 0 saturated carbocycles. The van der Waals surface area contributed by atoms with Gasteiger partial charge in [-0.2, -0.15) is 13.2 Å². The molecule has 0 saturated heterocycles. The Balaban J connectivity index is 2.26. The molecule has 0 atom stereocenters. The highest BCUT2D eigenvalue weighted by Gasteiger charge is 2.30. The topological polar surface area (TPSA) is 52.1 Å². The molecule has 0 unspecified atom stereocenters. The summed E-state index contributed by atoms with van der Waals surface area (Å²) in [6.07, 6.45) is -2.20. The number of hydrogen-bond acceptors (Lipinski definition) is 4. The lowest BCUT2D eigenvalue weighted by molar-refractivity contribution is -0.137. The van der Waals surface area contributed by atoms with Crippen molar-refractivity contribution in [2.24, 2.45) is 0 Å². The van der Waals surface area contributed by atoms with E-state index in [4.69, 9.17) is 16.3 Å². The largest absolute Gasteiger partial charge is 0.437 e. The molecule has 2 rings (SSSR count). The highest BCUT2D eigenvalue weighted by molar-refractivity contribution is 6.67.